The van der Waals surface area contributed by atoms with E-state index in [1.54, 1.807) is 0 Å². The molecule has 22 heavy (non-hydrogen) atoms. The zero-order valence-electron chi connectivity index (χ0n) is 13.6. The second-order valence-electron chi connectivity index (χ2n) is 6.39. The first-order valence-corrected chi connectivity index (χ1v) is 7.78. The molecule has 6 heteroatoms. The Kier molecular flexibility index (Phi) is 4.49. The van der Waals surface area contributed by atoms with Gasteiger partial charge in [0.1, 0.15) is 11.6 Å². The fraction of sp³-hybridized carbons (Fsp3) is 0.562. The smallest absolute Gasteiger partial charge is 0.125 e. The van der Waals surface area contributed by atoms with Crippen molar-refractivity contribution in [3.63, 3.8) is 0 Å². The van der Waals surface area contributed by atoms with Crippen LogP contribution < -0.4 is 0 Å². The Hall–Kier alpha value is -1.79. The highest BCUT2D eigenvalue weighted by molar-refractivity contribution is 5.10. The minimum absolute atomic E-state index is 0.502. The molecular weight excluding hydrogens is 276 g/mol. The Morgan fingerprint density at radius 2 is 2.00 bits per heavy atom. The molecule has 1 aliphatic heterocycles. The summed E-state index contributed by atoms with van der Waals surface area (Å²) < 4.78 is 0. The van der Waals surface area contributed by atoms with Crippen molar-refractivity contribution in [1.82, 2.24) is 29.7 Å². The third-order valence-corrected chi connectivity index (χ3v) is 4.03. The Labute approximate surface area is 131 Å². The van der Waals surface area contributed by atoms with Crippen molar-refractivity contribution in [2.75, 3.05) is 27.2 Å². The van der Waals surface area contributed by atoms with E-state index in [9.17, 15) is 0 Å². The Morgan fingerprint density at radius 1 is 1.23 bits per heavy atom. The summed E-state index contributed by atoms with van der Waals surface area (Å²) in [5, 5.41) is 0. The van der Waals surface area contributed by atoms with Crippen LogP contribution in [-0.2, 0) is 13.1 Å². The number of hydrogen-bond acceptors (Lipinski definition) is 5. The van der Waals surface area contributed by atoms with Crippen molar-refractivity contribution in [1.29, 1.82) is 0 Å². The lowest BCUT2D eigenvalue weighted by atomic mass is 10.1. The standard InChI is InChI=1S/C16H24N6/c1-12-17-6-13(7-18-12)9-22-5-4-14(10-22)16-19-8-15(20-16)11-21(2)3/h6-8,14H,4-5,9-11H2,1-3H3,(H,19,20). The molecule has 3 rings (SSSR count). The van der Waals surface area contributed by atoms with E-state index in [2.05, 4.69) is 43.8 Å². The van der Waals surface area contributed by atoms with Gasteiger partial charge in [0.15, 0.2) is 0 Å². The van der Waals surface area contributed by atoms with Gasteiger partial charge in [-0.2, -0.15) is 0 Å². The molecule has 2 aromatic heterocycles. The summed E-state index contributed by atoms with van der Waals surface area (Å²) in [5.41, 5.74) is 2.37. The minimum Gasteiger partial charge on any atom is -0.345 e. The molecule has 0 radical (unpaired) electrons. The Balaban J connectivity index is 1.57. The average molecular weight is 300 g/mol. The summed E-state index contributed by atoms with van der Waals surface area (Å²) >= 11 is 0. The summed E-state index contributed by atoms with van der Waals surface area (Å²) in [6.45, 7) is 5.88. The number of nitrogens with one attached hydrogen (secondary N) is 1. The first-order valence-electron chi connectivity index (χ1n) is 7.78. The molecular formula is C16H24N6. The average Bonchev–Trinajstić information content (AvgIpc) is 3.10. The first-order chi connectivity index (χ1) is 10.6. The lowest BCUT2D eigenvalue weighted by Gasteiger charge is -2.15. The molecule has 2 aromatic rings. The van der Waals surface area contributed by atoms with Gasteiger partial charge in [0.25, 0.3) is 0 Å². The normalized spacial score (nSPS) is 19.2. The van der Waals surface area contributed by atoms with Crippen molar-refractivity contribution >= 4 is 0 Å². The van der Waals surface area contributed by atoms with Gasteiger partial charge in [-0.1, -0.05) is 0 Å². The maximum atomic E-state index is 4.57. The highest BCUT2D eigenvalue weighted by Gasteiger charge is 2.26. The highest BCUT2D eigenvalue weighted by Crippen LogP contribution is 2.26. The van der Waals surface area contributed by atoms with Crippen molar-refractivity contribution < 1.29 is 0 Å². The quantitative estimate of drug-likeness (QED) is 0.908. The van der Waals surface area contributed by atoms with E-state index in [1.165, 1.54) is 11.3 Å². The molecule has 1 atom stereocenters. The van der Waals surface area contributed by atoms with Gasteiger partial charge in [0, 0.05) is 55.4 Å². The fourth-order valence-electron chi connectivity index (χ4n) is 2.96. The van der Waals surface area contributed by atoms with Crippen LogP contribution in [0.15, 0.2) is 18.6 Å². The van der Waals surface area contributed by atoms with E-state index in [1.807, 2.05) is 25.5 Å². The predicted octanol–water partition coefficient (Wildman–Crippen LogP) is 1.56. The van der Waals surface area contributed by atoms with Crippen LogP contribution in [0.5, 0.6) is 0 Å². The summed E-state index contributed by atoms with van der Waals surface area (Å²) in [7, 11) is 4.14. The molecule has 1 unspecified atom stereocenters. The maximum Gasteiger partial charge on any atom is 0.125 e. The molecule has 0 bridgehead atoms. The number of rotatable bonds is 5. The molecule has 1 N–H and O–H groups in total. The Morgan fingerprint density at radius 3 is 2.73 bits per heavy atom. The molecule has 118 valence electrons. The van der Waals surface area contributed by atoms with Gasteiger partial charge in [-0.25, -0.2) is 15.0 Å². The molecule has 0 spiro atoms. The van der Waals surface area contributed by atoms with Gasteiger partial charge < -0.3 is 9.88 Å². The SMILES string of the molecule is Cc1ncc(CN2CCC(c3ncc(CN(C)C)[nH]3)C2)cn1. The molecule has 0 amide bonds. The van der Waals surface area contributed by atoms with Gasteiger partial charge >= 0.3 is 0 Å². The second-order valence-corrected chi connectivity index (χ2v) is 6.39. The van der Waals surface area contributed by atoms with Crippen LogP contribution >= 0.6 is 0 Å². The zero-order valence-corrected chi connectivity index (χ0v) is 13.6. The Bertz CT molecular complexity index is 603. The van der Waals surface area contributed by atoms with Gasteiger partial charge in [-0.15, -0.1) is 0 Å². The number of nitrogens with zero attached hydrogens (tertiary/aromatic N) is 5. The van der Waals surface area contributed by atoms with Gasteiger partial charge in [-0.05, 0) is 34.0 Å². The maximum absolute atomic E-state index is 4.57. The molecule has 0 aromatic carbocycles. The van der Waals surface area contributed by atoms with E-state index in [0.717, 1.165) is 44.2 Å². The van der Waals surface area contributed by atoms with Crippen LogP contribution in [0.4, 0.5) is 0 Å². The first kappa shape index (κ1) is 15.1. The third kappa shape index (κ3) is 3.69. The van der Waals surface area contributed by atoms with Crippen molar-refractivity contribution in [3.8, 4) is 0 Å². The fourth-order valence-corrected chi connectivity index (χ4v) is 2.96. The number of H-pyrrole nitrogens is 1. The number of aromatic nitrogens is 4. The molecule has 1 fully saturated rings. The second kappa shape index (κ2) is 6.54. The number of aryl methyl sites for hydroxylation is 1. The van der Waals surface area contributed by atoms with Crippen molar-refractivity contribution in [3.05, 3.63) is 41.5 Å². The summed E-state index contributed by atoms with van der Waals surface area (Å²) in [4.78, 5) is 21.2. The van der Waals surface area contributed by atoms with Crippen LogP contribution in [0.2, 0.25) is 0 Å². The highest BCUT2D eigenvalue weighted by atomic mass is 15.2. The minimum atomic E-state index is 0.502. The number of likely N-dealkylation sites (tertiary alicyclic amines) is 1. The third-order valence-electron chi connectivity index (χ3n) is 4.03. The van der Waals surface area contributed by atoms with Crippen LogP contribution in [0.25, 0.3) is 0 Å². The van der Waals surface area contributed by atoms with E-state index in [4.69, 9.17) is 0 Å². The lowest BCUT2D eigenvalue weighted by molar-refractivity contribution is 0.325. The molecule has 1 saturated heterocycles. The van der Waals surface area contributed by atoms with E-state index >= 15 is 0 Å². The van der Waals surface area contributed by atoms with Crippen LogP contribution in [0.1, 0.15) is 35.2 Å². The zero-order chi connectivity index (χ0) is 15.5. The lowest BCUT2D eigenvalue weighted by Crippen LogP contribution is -2.20. The predicted molar refractivity (Wildman–Crippen MR) is 85.4 cm³/mol. The van der Waals surface area contributed by atoms with Crippen LogP contribution in [0.3, 0.4) is 0 Å². The molecule has 3 heterocycles. The largest absolute Gasteiger partial charge is 0.345 e. The molecule has 0 saturated carbocycles. The molecule has 1 aliphatic rings. The summed E-state index contributed by atoms with van der Waals surface area (Å²) in [6.07, 6.45) is 6.98. The van der Waals surface area contributed by atoms with Crippen LogP contribution in [-0.4, -0.2) is 56.9 Å². The van der Waals surface area contributed by atoms with Crippen molar-refractivity contribution in [2.45, 2.75) is 32.4 Å². The van der Waals surface area contributed by atoms with E-state index in [-0.39, 0.29) is 0 Å². The van der Waals surface area contributed by atoms with Gasteiger partial charge in [-0.3, -0.25) is 4.90 Å². The number of hydrogen-bond donors (Lipinski definition) is 1. The van der Waals surface area contributed by atoms with E-state index < -0.39 is 0 Å². The monoisotopic (exact) mass is 300 g/mol. The van der Waals surface area contributed by atoms with E-state index in [0.29, 0.717) is 5.92 Å². The number of imidazole rings is 1. The number of aromatic amines is 1. The van der Waals surface area contributed by atoms with Gasteiger partial charge in [0.2, 0.25) is 0 Å². The summed E-state index contributed by atoms with van der Waals surface area (Å²) in [6, 6.07) is 0. The van der Waals surface area contributed by atoms with Crippen molar-refractivity contribution in [2.24, 2.45) is 0 Å². The molecule has 0 aliphatic carbocycles. The molecule has 6 nitrogen and oxygen atoms in total. The van der Waals surface area contributed by atoms with Gasteiger partial charge in [0.05, 0.1) is 0 Å². The summed E-state index contributed by atoms with van der Waals surface area (Å²) in [5.74, 6) is 2.45. The topological polar surface area (TPSA) is 60.9 Å². The van der Waals surface area contributed by atoms with Crippen LogP contribution in [0, 0.1) is 6.92 Å².